The lowest BCUT2D eigenvalue weighted by Crippen LogP contribution is -2.33. The van der Waals surface area contributed by atoms with Crippen LogP contribution in [0.1, 0.15) is 45.5 Å². The Morgan fingerprint density at radius 2 is 0.946 bits per heavy atom. The number of amides is 2. The van der Waals surface area contributed by atoms with Gasteiger partial charge in [-0.05, 0) is 94.5 Å². The Bertz CT molecular complexity index is 2200. The first-order valence-corrected chi connectivity index (χ1v) is 17.5. The van der Waals surface area contributed by atoms with Gasteiger partial charge in [0.2, 0.25) is 11.8 Å². The van der Waals surface area contributed by atoms with Crippen molar-refractivity contribution in [2.24, 2.45) is 11.5 Å². The van der Waals surface area contributed by atoms with Gasteiger partial charge in [0.15, 0.2) is 0 Å². The second kappa shape index (κ2) is 20.3. The minimum atomic E-state index is -0.926. The summed E-state index contributed by atoms with van der Waals surface area (Å²) < 4.78 is 65.0. The van der Waals surface area contributed by atoms with Crippen molar-refractivity contribution in [3.05, 3.63) is 202 Å². The van der Waals surface area contributed by atoms with Crippen molar-refractivity contribution in [3.8, 4) is 11.5 Å². The number of rotatable bonds is 16. The third-order valence-electron chi connectivity index (χ3n) is 8.42. The highest BCUT2D eigenvalue weighted by Crippen LogP contribution is 2.20. The summed E-state index contributed by atoms with van der Waals surface area (Å²) in [5.74, 6) is -1.48. The molecule has 0 saturated carbocycles. The predicted octanol–water partition coefficient (Wildman–Crippen LogP) is 7.72. The second-order valence-electron chi connectivity index (χ2n) is 12.6. The van der Waals surface area contributed by atoms with Crippen LogP contribution >= 0.6 is 0 Å². The first-order valence-electron chi connectivity index (χ1n) is 17.5. The number of nitrogens with one attached hydrogen (secondary N) is 2. The summed E-state index contributed by atoms with van der Waals surface area (Å²) in [6.45, 7) is 1.21. The SMILES string of the molecule is NC(=O)C(NCc1ccc(OCc2cccc(F)c2)cc1)c1cccc(F)c1.NC(=O)C(NCc1ccc(OCc2cccc(F)c2)cc1)c1ccccc1F. The molecule has 0 saturated heterocycles. The number of halogens is 4. The highest BCUT2D eigenvalue weighted by Gasteiger charge is 2.20. The Morgan fingerprint density at radius 3 is 1.39 bits per heavy atom. The van der Waals surface area contributed by atoms with Gasteiger partial charge in [-0.3, -0.25) is 20.2 Å². The Morgan fingerprint density at radius 1 is 0.500 bits per heavy atom. The summed E-state index contributed by atoms with van der Waals surface area (Å²) in [5.41, 5.74) is 14.8. The van der Waals surface area contributed by atoms with Crippen molar-refractivity contribution < 1.29 is 36.6 Å². The molecule has 2 atom stereocenters. The molecular weight excluding hydrogens is 724 g/mol. The molecule has 288 valence electrons. The molecule has 2 unspecified atom stereocenters. The Kier molecular flexibility index (Phi) is 14.7. The summed E-state index contributed by atoms with van der Waals surface area (Å²) in [7, 11) is 0. The molecule has 6 rings (SSSR count). The van der Waals surface area contributed by atoms with Crippen molar-refractivity contribution >= 4 is 11.8 Å². The third kappa shape index (κ3) is 12.5. The van der Waals surface area contributed by atoms with Crippen LogP contribution in [0.4, 0.5) is 17.6 Å². The number of ether oxygens (including phenoxy) is 2. The van der Waals surface area contributed by atoms with Crippen molar-refractivity contribution in [2.45, 2.75) is 38.4 Å². The van der Waals surface area contributed by atoms with Crippen LogP contribution in [0.3, 0.4) is 0 Å². The van der Waals surface area contributed by atoms with Crippen LogP contribution in [0.5, 0.6) is 11.5 Å². The van der Waals surface area contributed by atoms with Gasteiger partial charge in [0, 0.05) is 18.7 Å². The molecule has 0 aliphatic carbocycles. The maximum atomic E-state index is 13.9. The minimum absolute atomic E-state index is 0.213. The summed E-state index contributed by atoms with van der Waals surface area (Å²) in [6.07, 6.45) is 0. The van der Waals surface area contributed by atoms with Crippen molar-refractivity contribution in [1.29, 1.82) is 0 Å². The van der Waals surface area contributed by atoms with Gasteiger partial charge < -0.3 is 20.9 Å². The molecule has 6 aromatic rings. The van der Waals surface area contributed by atoms with Gasteiger partial charge in [-0.1, -0.05) is 78.9 Å². The van der Waals surface area contributed by atoms with Crippen LogP contribution in [0, 0.1) is 23.3 Å². The van der Waals surface area contributed by atoms with E-state index in [0.717, 1.165) is 22.3 Å². The minimum Gasteiger partial charge on any atom is -0.489 e. The molecule has 2 amide bonds. The Labute approximate surface area is 322 Å². The number of benzene rings is 6. The van der Waals surface area contributed by atoms with Gasteiger partial charge >= 0.3 is 0 Å². The van der Waals surface area contributed by atoms with Gasteiger partial charge in [-0.25, -0.2) is 17.6 Å². The lowest BCUT2D eigenvalue weighted by atomic mass is 10.1. The van der Waals surface area contributed by atoms with E-state index in [4.69, 9.17) is 20.9 Å². The number of carbonyl (C=O) groups excluding carboxylic acids is 2. The number of nitrogens with two attached hydrogens (primary N) is 2. The quantitative estimate of drug-likeness (QED) is 0.0748. The molecule has 0 bridgehead atoms. The van der Waals surface area contributed by atoms with Crippen LogP contribution in [-0.2, 0) is 35.9 Å². The van der Waals surface area contributed by atoms with Gasteiger partial charge in [0.25, 0.3) is 0 Å². The molecule has 8 nitrogen and oxygen atoms in total. The monoisotopic (exact) mass is 764 g/mol. The van der Waals surface area contributed by atoms with Crippen LogP contribution < -0.4 is 31.6 Å². The normalized spacial score (nSPS) is 11.8. The smallest absolute Gasteiger partial charge is 0.239 e. The average molecular weight is 765 g/mol. The largest absolute Gasteiger partial charge is 0.489 e. The fourth-order valence-corrected chi connectivity index (χ4v) is 5.58. The molecule has 0 aliphatic rings. The molecule has 0 aromatic heterocycles. The molecule has 12 heteroatoms. The van der Waals surface area contributed by atoms with E-state index in [1.807, 2.05) is 24.3 Å². The molecule has 0 fully saturated rings. The number of primary amides is 2. The van der Waals surface area contributed by atoms with E-state index in [9.17, 15) is 27.2 Å². The van der Waals surface area contributed by atoms with E-state index in [2.05, 4.69) is 10.6 Å². The molecule has 0 radical (unpaired) electrons. The molecule has 0 aliphatic heterocycles. The highest BCUT2D eigenvalue weighted by molar-refractivity contribution is 5.82. The van der Waals surface area contributed by atoms with E-state index in [0.29, 0.717) is 30.2 Å². The molecular formula is C44H40F4N4O4. The lowest BCUT2D eigenvalue weighted by Gasteiger charge is -2.16. The number of carbonyl (C=O) groups is 2. The fraction of sp³-hybridized carbons (Fsp3) is 0.136. The maximum absolute atomic E-state index is 13.9. The van der Waals surface area contributed by atoms with Crippen molar-refractivity contribution in [3.63, 3.8) is 0 Å². The Hall–Kier alpha value is -6.50. The highest BCUT2D eigenvalue weighted by atomic mass is 19.1. The zero-order valence-corrected chi connectivity index (χ0v) is 30.1. The van der Waals surface area contributed by atoms with Gasteiger partial charge in [-0.2, -0.15) is 0 Å². The summed E-state index contributed by atoms with van der Waals surface area (Å²) >= 11 is 0. The van der Waals surface area contributed by atoms with E-state index in [-0.39, 0.29) is 30.4 Å². The van der Waals surface area contributed by atoms with Crippen LogP contribution in [0.15, 0.2) is 146 Å². The topological polar surface area (TPSA) is 129 Å². The van der Waals surface area contributed by atoms with Crippen molar-refractivity contribution in [2.75, 3.05) is 0 Å². The molecule has 0 spiro atoms. The van der Waals surface area contributed by atoms with Crippen molar-refractivity contribution in [1.82, 2.24) is 10.6 Å². The first-order chi connectivity index (χ1) is 27.0. The van der Waals surface area contributed by atoms with Gasteiger partial charge in [-0.15, -0.1) is 0 Å². The van der Waals surface area contributed by atoms with Crippen LogP contribution in [0.25, 0.3) is 0 Å². The Balaban J connectivity index is 0.000000214. The number of hydrogen-bond acceptors (Lipinski definition) is 6. The lowest BCUT2D eigenvalue weighted by molar-refractivity contribution is -0.121. The first kappa shape index (κ1) is 40.7. The second-order valence-corrected chi connectivity index (χ2v) is 12.6. The molecule has 0 heterocycles. The fourth-order valence-electron chi connectivity index (χ4n) is 5.58. The zero-order chi connectivity index (χ0) is 39.9. The van der Waals surface area contributed by atoms with Gasteiger partial charge in [0.05, 0.1) is 0 Å². The third-order valence-corrected chi connectivity index (χ3v) is 8.42. The maximum Gasteiger partial charge on any atom is 0.239 e. The summed E-state index contributed by atoms with van der Waals surface area (Å²) in [5, 5.41) is 6.02. The standard InChI is InChI=1S/2C22H20F2N2O2/c23-18-5-1-3-16(11-18)14-28-20-9-7-15(8-10-20)13-26-21(22(25)27)17-4-2-6-19(24)12-17;23-17-5-3-4-16(12-17)14-28-18-10-8-15(9-11-18)13-26-21(22(25)27)19-6-1-2-7-20(19)24/h2*1-12,21,26H,13-14H2,(H2,25,27). The van der Waals surface area contributed by atoms with Crippen LogP contribution in [-0.4, -0.2) is 11.8 Å². The van der Waals surface area contributed by atoms with E-state index < -0.39 is 35.5 Å². The average Bonchev–Trinajstić information content (AvgIpc) is 3.18. The van der Waals surface area contributed by atoms with E-state index >= 15 is 0 Å². The van der Waals surface area contributed by atoms with E-state index in [1.165, 1.54) is 54.6 Å². The zero-order valence-electron chi connectivity index (χ0n) is 30.1. The molecule has 6 aromatic carbocycles. The van der Waals surface area contributed by atoms with E-state index in [1.54, 1.807) is 66.7 Å². The summed E-state index contributed by atoms with van der Waals surface area (Å²) in [4.78, 5) is 23.4. The van der Waals surface area contributed by atoms with Crippen LogP contribution in [0.2, 0.25) is 0 Å². The molecule has 6 N–H and O–H groups in total. The molecule has 56 heavy (non-hydrogen) atoms. The number of hydrogen-bond donors (Lipinski definition) is 4. The predicted molar refractivity (Wildman–Crippen MR) is 205 cm³/mol. The van der Waals surface area contributed by atoms with Gasteiger partial charge in [0.1, 0.15) is 60.1 Å². The summed E-state index contributed by atoms with van der Waals surface area (Å²) in [6, 6.07) is 37.0.